The van der Waals surface area contributed by atoms with Crippen molar-refractivity contribution in [3.05, 3.63) is 23.8 Å². The first kappa shape index (κ1) is 16.2. The highest BCUT2D eigenvalue weighted by Gasteiger charge is 2.20. The maximum Gasteiger partial charge on any atom is 0.124 e. The molecule has 0 aromatic heterocycles. The molecule has 0 saturated heterocycles. The Labute approximate surface area is 129 Å². The molecule has 1 aliphatic carbocycles. The van der Waals surface area contributed by atoms with Crippen LogP contribution < -0.4 is 14.8 Å². The highest BCUT2D eigenvalue weighted by molar-refractivity contribution is 5.40. The van der Waals surface area contributed by atoms with Gasteiger partial charge in [0.05, 0.1) is 13.2 Å². The van der Waals surface area contributed by atoms with Crippen LogP contribution in [0.15, 0.2) is 18.2 Å². The lowest BCUT2D eigenvalue weighted by Crippen LogP contribution is -2.25. The fourth-order valence-corrected chi connectivity index (χ4v) is 2.78. The van der Waals surface area contributed by atoms with Crippen molar-refractivity contribution in [2.45, 2.75) is 65.1 Å². The molecule has 0 atom stereocenters. The van der Waals surface area contributed by atoms with Gasteiger partial charge >= 0.3 is 0 Å². The van der Waals surface area contributed by atoms with Crippen LogP contribution in [0.4, 0.5) is 0 Å². The van der Waals surface area contributed by atoms with Gasteiger partial charge < -0.3 is 14.8 Å². The van der Waals surface area contributed by atoms with E-state index in [1.807, 2.05) is 12.1 Å². The second-order valence-corrected chi connectivity index (χ2v) is 6.51. The van der Waals surface area contributed by atoms with Crippen LogP contribution >= 0.6 is 0 Å². The maximum atomic E-state index is 6.27. The van der Waals surface area contributed by atoms with Gasteiger partial charge in [0.25, 0.3) is 0 Å². The van der Waals surface area contributed by atoms with Gasteiger partial charge in [0.1, 0.15) is 11.5 Å². The van der Waals surface area contributed by atoms with E-state index in [0.717, 1.165) is 24.0 Å². The molecule has 3 heteroatoms. The standard InChI is InChI=1S/C18H29NO2/c1-13(2)19-12-15-11-17(20-4)9-10-18(15)21-16-7-5-14(3)6-8-16/h9-11,13-14,16,19H,5-8,12H2,1-4H3. The molecule has 1 saturated carbocycles. The number of nitrogens with one attached hydrogen (secondary N) is 1. The largest absolute Gasteiger partial charge is 0.497 e. The molecule has 1 aliphatic rings. The van der Waals surface area contributed by atoms with E-state index in [1.165, 1.54) is 31.2 Å². The molecule has 1 aromatic rings. The molecule has 0 radical (unpaired) electrons. The monoisotopic (exact) mass is 291 g/mol. The Hall–Kier alpha value is -1.22. The first-order valence-corrected chi connectivity index (χ1v) is 8.15. The van der Waals surface area contributed by atoms with Crippen molar-refractivity contribution in [1.82, 2.24) is 5.32 Å². The molecule has 0 spiro atoms. The quantitative estimate of drug-likeness (QED) is 0.854. The van der Waals surface area contributed by atoms with E-state index >= 15 is 0 Å². The Morgan fingerprint density at radius 2 is 1.90 bits per heavy atom. The summed E-state index contributed by atoms with van der Waals surface area (Å²) in [6.45, 7) is 7.46. The van der Waals surface area contributed by atoms with Gasteiger partial charge in [-0.25, -0.2) is 0 Å². The van der Waals surface area contributed by atoms with Crippen LogP contribution in [-0.2, 0) is 6.54 Å². The molecule has 3 nitrogen and oxygen atoms in total. The zero-order chi connectivity index (χ0) is 15.2. The molecule has 1 fully saturated rings. The number of methoxy groups -OCH3 is 1. The summed E-state index contributed by atoms with van der Waals surface area (Å²) in [6.07, 6.45) is 5.27. The van der Waals surface area contributed by atoms with Gasteiger partial charge in [0.15, 0.2) is 0 Å². The van der Waals surface area contributed by atoms with Crippen LogP contribution in [0.5, 0.6) is 11.5 Å². The lowest BCUT2D eigenvalue weighted by atomic mass is 9.89. The van der Waals surface area contributed by atoms with Crippen LogP contribution in [0.2, 0.25) is 0 Å². The number of hydrogen-bond acceptors (Lipinski definition) is 3. The number of hydrogen-bond donors (Lipinski definition) is 1. The van der Waals surface area contributed by atoms with E-state index in [-0.39, 0.29) is 0 Å². The van der Waals surface area contributed by atoms with Crippen LogP contribution in [0.25, 0.3) is 0 Å². The van der Waals surface area contributed by atoms with E-state index in [0.29, 0.717) is 12.1 Å². The summed E-state index contributed by atoms with van der Waals surface area (Å²) in [5.74, 6) is 2.74. The smallest absolute Gasteiger partial charge is 0.124 e. The Morgan fingerprint density at radius 3 is 2.52 bits per heavy atom. The minimum absolute atomic E-state index is 0.368. The number of benzene rings is 1. The van der Waals surface area contributed by atoms with E-state index in [2.05, 4.69) is 32.2 Å². The zero-order valence-electron chi connectivity index (χ0n) is 13.8. The number of rotatable bonds is 6. The van der Waals surface area contributed by atoms with Crippen LogP contribution in [0.1, 0.15) is 52.0 Å². The van der Waals surface area contributed by atoms with Gasteiger partial charge in [-0.3, -0.25) is 0 Å². The molecule has 1 N–H and O–H groups in total. The van der Waals surface area contributed by atoms with E-state index in [9.17, 15) is 0 Å². The minimum atomic E-state index is 0.368. The first-order valence-electron chi connectivity index (χ1n) is 8.15. The summed E-state index contributed by atoms with van der Waals surface area (Å²) in [6, 6.07) is 6.57. The lowest BCUT2D eigenvalue weighted by molar-refractivity contribution is 0.134. The molecule has 0 unspecified atom stereocenters. The van der Waals surface area contributed by atoms with Gasteiger partial charge in [-0.05, 0) is 49.8 Å². The summed E-state index contributed by atoms with van der Waals surface area (Å²) in [4.78, 5) is 0. The predicted octanol–water partition coefficient (Wildman–Crippen LogP) is 4.15. The van der Waals surface area contributed by atoms with Crippen LogP contribution in [0.3, 0.4) is 0 Å². The van der Waals surface area contributed by atoms with Crippen molar-refractivity contribution in [1.29, 1.82) is 0 Å². The molecule has 1 aromatic carbocycles. The topological polar surface area (TPSA) is 30.5 Å². The van der Waals surface area contributed by atoms with E-state index in [1.54, 1.807) is 7.11 Å². The summed E-state index contributed by atoms with van der Waals surface area (Å²) < 4.78 is 11.6. The summed E-state index contributed by atoms with van der Waals surface area (Å²) in [5.41, 5.74) is 1.18. The molecule has 21 heavy (non-hydrogen) atoms. The van der Waals surface area contributed by atoms with Crippen molar-refractivity contribution in [2.24, 2.45) is 5.92 Å². The third kappa shape index (κ3) is 4.92. The zero-order valence-corrected chi connectivity index (χ0v) is 13.8. The van der Waals surface area contributed by atoms with Crippen molar-refractivity contribution >= 4 is 0 Å². The van der Waals surface area contributed by atoms with Gasteiger partial charge in [-0.2, -0.15) is 0 Å². The first-order chi connectivity index (χ1) is 10.1. The Balaban J connectivity index is 2.05. The predicted molar refractivity (Wildman–Crippen MR) is 87.0 cm³/mol. The van der Waals surface area contributed by atoms with Gasteiger partial charge in [-0.1, -0.05) is 20.8 Å². The molecule has 118 valence electrons. The van der Waals surface area contributed by atoms with Crippen molar-refractivity contribution < 1.29 is 9.47 Å². The number of ether oxygens (including phenoxy) is 2. The summed E-state index contributed by atoms with van der Waals surface area (Å²) in [7, 11) is 1.71. The average Bonchev–Trinajstić information content (AvgIpc) is 2.48. The highest BCUT2D eigenvalue weighted by atomic mass is 16.5. The SMILES string of the molecule is COc1ccc(OC2CCC(C)CC2)c(CNC(C)C)c1. The summed E-state index contributed by atoms with van der Waals surface area (Å²) in [5, 5.41) is 3.46. The lowest BCUT2D eigenvalue weighted by Gasteiger charge is -2.28. The Bertz CT molecular complexity index is 437. The molecular weight excluding hydrogens is 262 g/mol. The van der Waals surface area contributed by atoms with Crippen molar-refractivity contribution in [3.8, 4) is 11.5 Å². The second kappa shape index (κ2) is 7.69. The molecule has 2 rings (SSSR count). The van der Waals surface area contributed by atoms with E-state index in [4.69, 9.17) is 9.47 Å². The molecule has 0 amide bonds. The van der Waals surface area contributed by atoms with Crippen LogP contribution in [-0.4, -0.2) is 19.3 Å². The van der Waals surface area contributed by atoms with Crippen LogP contribution in [0, 0.1) is 5.92 Å². The minimum Gasteiger partial charge on any atom is -0.497 e. The van der Waals surface area contributed by atoms with Gasteiger partial charge in [0, 0.05) is 18.2 Å². The second-order valence-electron chi connectivity index (χ2n) is 6.51. The fraction of sp³-hybridized carbons (Fsp3) is 0.667. The average molecular weight is 291 g/mol. The van der Waals surface area contributed by atoms with Gasteiger partial charge in [-0.15, -0.1) is 0 Å². The normalized spacial score (nSPS) is 22.3. The molecule has 0 aliphatic heterocycles. The third-order valence-corrected chi connectivity index (χ3v) is 4.22. The highest BCUT2D eigenvalue weighted by Crippen LogP contribution is 2.30. The maximum absolute atomic E-state index is 6.27. The fourth-order valence-electron chi connectivity index (χ4n) is 2.78. The van der Waals surface area contributed by atoms with E-state index < -0.39 is 0 Å². The van der Waals surface area contributed by atoms with Crippen molar-refractivity contribution in [3.63, 3.8) is 0 Å². The molecule has 0 bridgehead atoms. The third-order valence-electron chi connectivity index (χ3n) is 4.22. The Kier molecular flexibility index (Phi) is 5.92. The molecule has 0 heterocycles. The summed E-state index contributed by atoms with van der Waals surface area (Å²) >= 11 is 0. The van der Waals surface area contributed by atoms with Crippen molar-refractivity contribution in [2.75, 3.05) is 7.11 Å². The Morgan fingerprint density at radius 1 is 1.19 bits per heavy atom. The van der Waals surface area contributed by atoms with Gasteiger partial charge in [0.2, 0.25) is 0 Å². The molecular formula is C18H29NO2.